The lowest BCUT2D eigenvalue weighted by Crippen LogP contribution is -2.15. The summed E-state index contributed by atoms with van der Waals surface area (Å²) in [6.45, 7) is 1.68. The Balaban J connectivity index is 2.34. The zero-order valence-electron chi connectivity index (χ0n) is 11.1. The van der Waals surface area contributed by atoms with Crippen LogP contribution in [0, 0.1) is 6.92 Å². The first-order valence-corrected chi connectivity index (χ1v) is 7.02. The minimum Gasteiger partial charge on any atom is -0.463 e. The van der Waals surface area contributed by atoms with E-state index in [2.05, 4.69) is 14.4 Å². The van der Waals surface area contributed by atoms with Crippen molar-refractivity contribution >= 4 is 21.7 Å². The highest BCUT2D eigenvalue weighted by atomic mass is 32.2. The van der Waals surface area contributed by atoms with Crippen LogP contribution in [0.5, 0.6) is 0 Å². The average Bonchev–Trinajstić information content (AvgIpc) is 2.96. The normalized spacial score (nSPS) is 11.3. The van der Waals surface area contributed by atoms with E-state index in [1.165, 1.54) is 25.6 Å². The quantitative estimate of drug-likeness (QED) is 0.842. The Bertz CT molecular complexity index is 724. The molecule has 2 rings (SSSR count). The molecule has 0 aromatic carbocycles. The Kier molecular flexibility index (Phi) is 3.53. The van der Waals surface area contributed by atoms with Crippen molar-refractivity contribution in [1.29, 1.82) is 0 Å². The van der Waals surface area contributed by atoms with Gasteiger partial charge in [-0.15, -0.1) is 0 Å². The highest BCUT2D eigenvalue weighted by Crippen LogP contribution is 2.21. The van der Waals surface area contributed by atoms with Gasteiger partial charge in [-0.05, 0) is 6.92 Å². The van der Waals surface area contributed by atoms with Crippen molar-refractivity contribution in [2.45, 2.75) is 11.9 Å². The molecule has 0 saturated carbocycles. The lowest BCUT2D eigenvalue weighted by Gasteiger charge is -2.04. The molecule has 0 aliphatic heterocycles. The largest absolute Gasteiger partial charge is 0.463 e. The van der Waals surface area contributed by atoms with Crippen LogP contribution in [0.2, 0.25) is 0 Å². The Morgan fingerprint density at radius 2 is 2.20 bits per heavy atom. The number of ether oxygens (including phenoxy) is 1. The molecule has 2 aromatic heterocycles. The number of anilines is 1. The van der Waals surface area contributed by atoms with Crippen LogP contribution >= 0.6 is 0 Å². The van der Waals surface area contributed by atoms with Gasteiger partial charge in [0.1, 0.15) is 11.5 Å². The van der Waals surface area contributed by atoms with Gasteiger partial charge in [0, 0.05) is 19.3 Å². The molecule has 20 heavy (non-hydrogen) atoms. The van der Waals surface area contributed by atoms with E-state index in [4.69, 9.17) is 4.42 Å². The van der Waals surface area contributed by atoms with Crippen molar-refractivity contribution in [3.63, 3.8) is 0 Å². The summed E-state index contributed by atoms with van der Waals surface area (Å²) in [6, 6.07) is 1.32. The van der Waals surface area contributed by atoms with Crippen LogP contribution in [0.1, 0.15) is 16.4 Å². The monoisotopic (exact) mass is 299 g/mol. The third-order valence-electron chi connectivity index (χ3n) is 2.64. The fourth-order valence-electron chi connectivity index (χ4n) is 1.49. The number of nitrogens with one attached hydrogen (secondary N) is 1. The minimum atomic E-state index is -3.90. The smallest absolute Gasteiger partial charge is 0.376 e. The lowest BCUT2D eigenvalue weighted by molar-refractivity contribution is 0.0566. The number of nitrogens with zero attached hydrogens (tertiary/aromatic N) is 2. The number of furan rings is 1. The summed E-state index contributed by atoms with van der Waals surface area (Å²) in [5.74, 6) is -0.445. The Hall–Kier alpha value is -2.29. The molecule has 0 amide bonds. The molecule has 0 spiro atoms. The number of esters is 1. The fraction of sp³-hybridized carbons (Fsp3) is 0.273. The molecule has 0 fully saturated rings. The number of hydrogen-bond donors (Lipinski definition) is 1. The van der Waals surface area contributed by atoms with E-state index in [1.54, 1.807) is 18.5 Å². The molecule has 2 aromatic rings. The Morgan fingerprint density at radius 3 is 2.75 bits per heavy atom. The number of carbonyl (C=O) groups excluding carboxylic acids is 1. The first-order valence-electron chi connectivity index (χ1n) is 5.53. The molecule has 1 N–H and O–H groups in total. The molecular weight excluding hydrogens is 286 g/mol. The third-order valence-corrected chi connectivity index (χ3v) is 3.88. The number of aryl methyl sites for hydroxylation is 2. The standard InChI is InChI=1S/C11H13N3O5S/c1-7-12-9(6-14(7)2)20(16,17)13-8-4-5-19-10(8)11(15)18-3/h4-6,13H,1-3H3. The van der Waals surface area contributed by atoms with Gasteiger partial charge in [-0.3, -0.25) is 4.72 Å². The van der Waals surface area contributed by atoms with Crippen LogP contribution in [0.4, 0.5) is 5.69 Å². The fourth-order valence-corrected chi connectivity index (χ4v) is 2.60. The molecule has 108 valence electrons. The summed E-state index contributed by atoms with van der Waals surface area (Å²) in [5.41, 5.74) is 0.000145. The zero-order chi connectivity index (χ0) is 14.9. The summed E-state index contributed by atoms with van der Waals surface area (Å²) in [7, 11) is -1.05. The van der Waals surface area contributed by atoms with E-state index < -0.39 is 16.0 Å². The van der Waals surface area contributed by atoms with Crippen LogP contribution in [0.3, 0.4) is 0 Å². The number of rotatable bonds is 4. The molecule has 0 atom stereocenters. The first-order chi connectivity index (χ1) is 9.35. The lowest BCUT2D eigenvalue weighted by atomic mass is 10.4. The molecule has 2 heterocycles. The maximum Gasteiger partial charge on any atom is 0.376 e. The van der Waals surface area contributed by atoms with Gasteiger partial charge in [0.25, 0.3) is 10.0 Å². The first kappa shape index (κ1) is 14.1. The molecule has 0 aliphatic rings. The predicted molar refractivity (Wildman–Crippen MR) is 68.8 cm³/mol. The zero-order valence-corrected chi connectivity index (χ0v) is 11.9. The molecule has 9 heteroatoms. The average molecular weight is 299 g/mol. The van der Waals surface area contributed by atoms with Gasteiger partial charge in [-0.25, -0.2) is 9.78 Å². The highest BCUT2D eigenvalue weighted by molar-refractivity contribution is 7.92. The van der Waals surface area contributed by atoms with Gasteiger partial charge in [0.2, 0.25) is 5.76 Å². The molecule has 0 unspecified atom stereocenters. The van der Waals surface area contributed by atoms with Crippen molar-refractivity contribution in [2.24, 2.45) is 7.05 Å². The van der Waals surface area contributed by atoms with Gasteiger partial charge in [0.15, 0.2) is 5.03 Å². The summed E-state index contributed by atoms with van der Waals surface area (Å²) < 4.78 is 37.5. The maximum atomic E-state index is 12.1. The highest BCUT2D eigenvalue weighted by Gasteiger charge is 2.24. The van der Waals surface area contributed by atoms with Gasteiger partial charge in [0.05, 0.1) is 13.4 Å². The second-order valence-corrected chi connectivity index (χ2v) is 5.63. The van der Waals surface area contributed by atoms with Crippen LogP contribution in [0.15, 0.2) is 28.0 Å². The maximum absolute atomic E-state index is 12.1. The number of methoxy groups -OCH3 is 1. The molecule has 8 nitrogen and oxygen atoms in total. The van der Waals surface area contributed by atoms with Crippen LogP contribution in [-0.4, -0.2) is 31.0 Å². The van der Waals surface area contributed by atoms with E-state index >= 15 is 0 Å². The second kappa shape index (κ2) is 5.00. The summed E-state index contributed by atoms with van der Waals surface area (Å²) in [5, 5.41) is -0.144. The van der Waals surface area contributed by atoms with Crippen molar-refractivity contribution in [3.8, 4) is 0 Å². The van der Waals surface area contributed by atoms with Crippen LogP contribution in [0.25, 0.3) is 0 Å². The van der Waals surface area contributed by atoms with E-state index in [0.29, 0.717) is 5.82 Å². The second-order valence-electron chi connectivity index (χ2n) is 4.00. The van der Waals surface area contributed by atoms with Gasteiger partial charge in [-0.2, -0.15) is 8.42 Å². The number of sulfonamides is 1. The van der Waals surface area contributed by atoms with Crippen molar-refractivity contribution in [1.82, 2.24) is 9.55 Å². The molecular formula is C11H13N3O5S. The minimum absolute atomic E-state index is 0.000145. The topological polar surface area (TPSA) is 103 Å². The van der Waals surface area contributed by atoms with Gasteiger partial charge < -0.3 is 13.7 Å². The van der Waals surface area contributed by atoms with Crippen molar-refractivity contribution in [3.05, 3.63) is 30.1 Å². The SMILES string of the molecule is COC(=O)c1occc1NS(=O)(=O)c1cn(C)c(C)n1. The summed E-state index contributed by atoms with van der Waals surface area (Å²) in [4.78, 5) is 15.3. The summed E-state index contributed by atoms with van der Waals surface area (Å²) >= 11 is 0. The van der Waals surface area contributed by atoms with Gasteiger partial charge in [-0.1, -0.05) is 0 Å². The van der Waals surface area contributed by atoms with Gasteiger partial charge >= 0.3 is 5.97 Å². The van der Waals surface area contributed by atoms with Crippen LogP contribution in [-0.2, 0) is 21.8 Å². The van der Waals surface area contributed by atoms with E-state index in [1.807, 2.05) is 0 Å². The van der Waals surface area contributed by atoms with Crippen LogP contribution < -0.4 is 4.72 Å². The molecule has 0 bridgehead atoms. The molecule has 0 radical (unpaired) electrons. The molecule has 0 saturated heterocycles. The summed E-state index contributed by atoms with van der Waals surface area (Å²) in [6.07, 6.45) is 2.56. The third kappa shape index (κ3) is 2.52. The number of aromatic nitrogens is 2. The Labute approximate surface area is 115 Å². The molecule has 0 aliphatic carbocycles. The van der Waals surface area contributed by atoms with Crippen molar-refractivity contribution in [2.75, 3.05) is 11.8 Å². The number of carbonyl (C=O) groups is 1. The predicted octanol–water partition coefficient (Wildman–Crippen LogP) is 0.909. The van der Waals surface area contributed by atoms with E-state index in [0.717, 1.165) is 0 Å². The number of hydrogen-bond acceptors (Lipinski definition) is 6. The van der Waals surface area contributed by atoms with E-state index in [-0.39, 0.29) is 16.5 Å². The number of imidazole rings is 1. The van der Waals surface area contributed by atoms with Crippen molar-refractivity contribution < 1.29 is 22.4 Å². The van der Waals surface area contributed by atoms with E-state index in [9.17, 15) is 13.2 Å². The Morgan fingerprint density at radius 1 is 1.50 bits per heavy atom.